The van der Waals surface area contributed by atoms with Gasteiger partial charge in [-0.3, -0.25) is 10.1 Å². The molecule has 2 atom stereocenters. The fraction of sp³-hybridized carbons (Fsp3) is 0.500. The highest BCUT2D eigenvalue weighted by Crippen LogP contribution is 2.32. The Hall–Kier alpha value is -1.71. The van der Waals surface area contributed by atoms with Crippen molar-refractivity contribution in [3.63, 3.8) is 0 Å². The predicted molar refractivity (Wildman–Crippen MR) is 75.5 cm³/mol. The number of nitrogens with two attached hydrogens (primary N) is 1. The second-order valence-electron chi connectivity index (χ2n) is 5.05. The number of sulfonamides is 1. The molecule has 8 nitrogen and oxygen atoms in total. The van der Waals surface area contributed by atoms with Crippen molar-refractivity contribution in [3.05, 3.63) is 28.3 Å². The van der Waals surface area contributed by atoms with Crippen LogP contribution < -0.4 is 10.5 Å². The van der Waals surface area contributed by atoms with Crippen molar-refractivity contribution in [1.82, 2.24) is 4.31 Å². The van der Waals surface area contributed by atoms with Crippen LogP contribution in [0, 0.1) is 16.0 Å². The lowest BCUT2D eigenvalue weighted by Crippen LogP contribution is -2.32. The van der Waals surface area contributed by atoms with Crippen molar-refractivity contribution in [2.45, 2.75) is 17.9 Å². The van der Waals surface area contributed by atoms with Gasteiger partial charge in [0.25, 0.3) is 5.69 Å². The van der Waals surface area contributed by atoms with Gasteiger partial charge in [0.1, 0.15) is 5.75 Å². The molecular formula is C12H17N3O5S. The molecule has 21 heavy (non-hydrogen) atoms. The Morgan fingerprint density at radius 3 is 2.57 bits per heavy atom. The molecule has 0 spiro atoms. The SMILES string of the molecule is COc1ccc(S(=O)(=O)N2CC(C)C(N)C2)c([N+](=O)[O-])c1. The van der Waals surface area contributed by atoms with E-state index in [4.69, 9.17) is 10.5 Å². The number of rotatable bonds is 4. The zero-order valence-electron chi connectivity index (χ0n) is 11.7. The number of ether oxygens (including phenoxy) is 1. The first kappa shape index (κ1) is 15.7. The summed E-state index contributed by atoms with van der Waals surface area (Å²) in [5.74, 6) is 0.240. The van der Waals surface area contributed by atoms with Gasteiger partial charge in [0.15, 0.2) is 4.90 Å². The van der Waals surface area contributed by atoms with Crippen LogP contribution in [-0.4, -0.2) is 43.9 Å². The van der Waals surface area contributed by atoms with Crippen LogP contribution >= 0.6 is 0 Å². The monoisotopic (exact) mass is 315 g/mol. The van der Waals surface area contributed by atoms with E-state index in [1.165, 1.54) is 23.5 Å². The molecule has 2 rings (SSSR count). The van der Waals surface area contributed by atoms with Crippen LogP contribution in [0.2, 0.25) is 0 Å². The molecule has 2 N–H and O–H groups in total. The molecule has 2 unspecified atom stereocenters. The minimum Gasteiger partial charge on any atom is -0.497 e. The van der Waals surface area contributed by atoms with Gasteiger partial charge in [0.05, 0.1) is 18.1 Å². The maximum absolute atomic E-state index is 12.6. The van der Waals surface area contributed by atoms with E-state index >= 15 is 0 Å². The van der Waals surface area contributed by atoms with Crippen LogP contribution in [0.25, 0.3) is 0 Å². The lowest BCUT2D eigenvalue weighted by atomic mass is 10.1. The van der Waals surface area contributed by atoms with Gasteiger partial charge in [-0.15, -0.1) is 0 Å². The lowest BCUT2D eigenvalue weighted by Gasteiger charge is -2.16. The summed E-state index contributed by atoms with van der Waals surface area (Å²) in [6.07, 6.45) is 0. The van der Waals surface area contributed by atoms with Gasteiger partial charge >= 0.3 is 0 Å². The van der Waals surface area contributed by atoms with E-state index in [1.54, 1.807) is 0 Å². The minimum absolute atomic E-state index is 0.0112. The predicted octanol–water partition coefficient (Wildman–Crippen LogP) is 0.571. The van der Waals surface area contributed by atoms with Gasteiger partial charge in [-0.25, -0.2) is 8.42 Å². The molecule has 0 amide bonds. The first-order valence-electron chi connectivity index (χ1n) is 6.35. The molecule has 1 heterocycles. The number of hydrogen-bond donors (Lipinski definition) is 1. The molecule has 1 aromatic carbocycles. The minimum atomic E-state index is -3.95. The Morgan fingerprint density at radius 1 is 1.43 bits per heavy atom. The lowest BCUT2D eigenvalue weighted by molar-refractivity contribution is -0.387. The molecule has 0 radical (unpaired) electrons. The smallest absolute Gasteiger partial charge is 0.293 e. The van der Waals surface area contributed by atoms with E-state index in [-0.39, 0.29) is 35.7 Å². The Morgan fingerprint density at radius 2 is 2.10 bits per heavy atom. The molecule has 1 fully saturated rings. The zero-order chi connectivity index (χ0) is 15.8. The first-order valence-corrected chi connectivity index (χ1v) is 7.79. The van der Waals surface area contributed by atoms with E-state index in [1.807, 2.05) is 6.92 Å². The third-order valence-electron chi connectivity index (χ3n) is 3.62. The zero-order valence-corrected chi connectivity index (χ0v) is 12.5. The summed E-state index contributed by atoms with van der Waals surface area (Å²) in [5.41, 5.74) is 5.33. The van der Waals surface area contributed by atoms with Crippen molar-refractivity contribution in [2.75, 3.05) is 20.2 Å². The number of nitrogens with zero attached hydrogens (tertiary/aromatic N) is 2. The number of nitro groups is 1. The van der Waals surface area contributed by atoms with Crippen LogP contribution in [0.4, 0.5) is 5.69 Å². The van der Waals surface area contributed by atoms with Crippen LogP contribution in [0.3, 0.4) is 0 Å². The van der Waals surface area contributed by atoms with E-state index in [9.17, 15) is 18.5 Å². The molecular weight excluding hydrogens is 298 g/mol. The summed E-state index contributed by atoms with van der Waals surface area (Å²) in [4.78, 5) is 10.1. The van der Waals surface area contributed by atoms with Crippen LogP contribution in [-0.2, 0) is 10.0 Å². The summed E-state index contributed by atoms with van der Waals surface area (Å²) in [6.45, 7) is 2.27. The van der Waals surface area contributed by atoms with Crippen LogP contribution in [0.1, 0.15) is 6.92 Å². The van der Waals surface area contributed by atoms with Crippen molar-refractivity contribution in [1.29, 1.82) is 0 Å². The molecule has 1 aliphatic heterocycles. The van der Waals surface area contributed by atoms with Gasteiger partial charge in [0.2, 0.25) is 10.0 Å². The van der Waals surface area contributed by atoms with E-state index in [0.717, 1.165) is 6.07 Å². The van der Waals surface area contributed by atoms with Crippen molar-refractivity contribution >= 4 is 15.7 Å². The maximum atomic E-state index is 12.6. The molecule has 0 aromatic heterocycles. The summed E-state index contributed by atoms with van der Waals surface area (Å²) in [7, 11) is -2.59. The van der Waals surface area contributed by atoms with E-state index < -0.39 is 20.6 Å². The number of methoxy groups -OCH3 is 1. The molecule has 0 aliphatic carbocycles. The van der Waals surface area contributed by atoms with Gasteiger partial charge in [-0.2, -0.15) is 4.31 Å². The second kappa shape index (κ2) is 5.58. The summed E-state index contributed by atoms with van der Waals surface area (Å²) < 4.78 is 31.2. The third kappa shape index (κ3) is 2.85. The number of benzene rings is 1. The standard InChI is InChI=1S/C12H17N3O5S/c1-8-6-14(7-10(8)13)21(18,19)12-4-3-9(20-2)5-11(12)15(16)17/h3-5,8,10H,6-7,13H2,1-2H3. The Kier molecular flexibility index (Phi) is 4.17. The average Bonchev–Trinajstić information content (AvgIpc) is 2.78. The highest BCUT2D eigenvalue weighted by atomic mass is 32.2. The van der Waals surface area contributed by atoms with Gasteiger partial charge in [-0.05, 0) is 18.1 Å². The number of hydrogen-bond acceptors (Lipinski definition) is 6. The highest BCUT2D eigenvalue weighted by Gasteiger charge is 2.38. The van der Waals surface area contributed by atoms with E-state index in [0.29, 0.717) is 0 Å². The fourth-order valence-corrected chi connectivity index (χ4v) is 3.98. The average molecular weight is 315 g/mol. The topological polar surface area (TPSA) is 116 Å². The first-order chi connectivity index (χ1) is 9.77. The van der Waals surface area contributed by atoms with Crippen LogP contribution in [0.5, 0.6) is 5.75 Å². The van der Waals surface area contributed by atoms with Crippen molar-refractivity contribution in [3.8, 4) is 5.75 Å². The summed E-state index contributed by atoms with van der Waals surface area (Å²) in [5, 5.41) is 11.1. The maximum Gasteiger partial charge on any atom is 0.293 e. The largest absolute Gasteiger partial charge is 0.497 e. The molecule has 0 saturated carbocycles. The Labute approximate surface area is 122 Å². The Balaban J connectivity index is 2.48. The van der Waals surface area contributed by atoms with Gasteiger partial charge in [-0.1, -0.05) is 6.92 Å². The molecule has 1 aliphatic rings. The van der Waals surface area contributed by atoms with Crippen molar-refractivity contribution in [2.24, 2.45) is 11.7 Å². The summed E-state index contributed by atoms with van der Waals surface area (Å²) >= 11 is 0. The van der Waals surface area contributed by atoms with E-state index in [2.05, 4.69) is 0 Å². The van der Waals surface area contributed by atoms with Crippen LogP contribution in [0.15, 0.2) is 23.1 Å². The van der Waals surface area contributed by atoms with Gasteiger partial charge < -0.3 is 10.5 Å². The molecule has 0 bridgehead atoms. The number of nitro benzene ring substituents is 1. The molecule has 1 aromatic rings. The van der Waals surface area contributed by atoms with Gasteiger partial charge in [0, 0.05) is 19.1 Å². The second-order valence-corrected chi connectivity index (χ2v) is 6.96. The molecule has 1 saturated heterocycles. The third-order valence-corrected chi connectivity index (χ3v) is 5.50. The summed E-state index contributed by atoms with van der Waals surface area (Å²) in [6, 6.07) is 3.42. The molecule has 9 heteroatoms. The highest BCUT2D eigenvalue weighted by molar-refractivity contribution is 7.89. The normalized spacial score (nSPS) is 23.2. The Bertz CT molecular complexity index is 651. The quantitative estimate of drug-likeness (QED) is 0.641. The fourth-order valence-electron chi connectivity index (χ4n) is 2.27. The molecule has 116 valence electrons. The van der Waals surface area contributed by atoms with Crippen molar-refractivity contribution < 1.29 is 18.1 Å².